The highest BCUT2D eigenvalue weighted by molar-refractivity contribution is 14.1. The molecular formula is C8H13I. The zero-order valence-corrected chi connectivity index (χ0v) is 8.40. The summed E-state index contributed by atoms with van der Waals surface area (Å²) in [5, 5.41) is 0. The van der Waals surface area contributed by atoms with Crippen molar-refractivity contribution in [3.05, 3.63) is 21.3 Å². The molecule has 0 saturated carbocycles. The van der Waals surface area contributed by atoms with E-state index in [1.54, 1.807) is 0 Å². The Hall–Kier alpha value is 0.210. The fourth-order valence-electron chi connectivity index (χ4n) is 0.457. The first-order valence-electron chi connectivity index (χ1n) is 3.08. The third kappa shape index (κ3) is 8.21. The van der Waals surface area contributed by atoms with E-state index in [1.165, 1.54) is 9.15 Å². The third-order valence-corrected chi connectivity index (χ3v) is 1.37. The first-order valence-corrected chi connectivity index (χ1v) is 4.16. The van der Waals surface area contributed by atoms with E-state index >= 15 is 0 Å². The van der Waals surface area contributed by atoms with Gasteiger partial charge >= 0.3 is 0 Å². The van der Waals surface area contributed by atoms with E-state index in [2.05, 4.69) is 55.5 Å². The van der Waals surface area contributed by atoms with Crippen LogP contribution in [0.5, 0.6) is 0 Å². The van der Waals surface area contributed by atoms with Crippen LogP contribution in [0.25, 0.3) is 0 Å². The molecule has 52 valence electrons. The number of halogens is 1. The predicted octanol–water partition coefficient (Wildman–Crippen LogP) is 3.68. The molecule has 0 aromatic rings. The summed E-state index contributed by atoms with van der Waals surface area (Å²) in [6.07, 6.45) is 5.52. The van der Waals surface area contributed by atoms with Crippen LogP contribution < -0.4 is 0 Å². The molecule has 0 heterocycles. The van der Waals surface area contributed by atoms with E-state index in [0.717, 1.165) is 6.42 Å². The molecule has 0 fully saturated rings. The normalized spacial score (nSPS) is 11.3. The van der Waals surface area contributed by atoms with Crippen molar-refractivity contribution in [1.29, 1.82) is 0 Å². The van der Waals surface area contributed by atoms with Gasteiger partial charge in [0.05, 0.1) is 0 Å². The molecule has 0 aromatic carbocycles. The summed E-state index contributed by atoms with van der Waals surface area (Å²) in [6.45, 7) is 6.35. The van der Waals surface area contributed by atoms with Crippen LogP contribution in [0, 0.1) is 0 Å². The monoisotopic (exact) mass is 236 g/mol. The molecule has 0 bridgehead atoms. The van der Waals surface area contributed by atoms with Crippen molar-refractivity contribution >= 4 is 22.6 Å². The predicted molar refractivity (Wildman–Crippen MR) is 51.8 cm³/mol. The highest BCUT2D eigenvalue weighted by Crippen LogP contribution is 2.05. The summed E-state index contributed by atoms with van der Waals surface area (Å²) in [5.41, 5.74) is 1.39. The van der Waals surface area contributed by atoms with Crippen molar-refractivity contribution < 1.29 is 0 Å². The lowest BCUT2D eigenvalue weighted by Gasteiger charge is -1.86. The second-order valence-electron chi connectivity index (χ2n) is 2.31. The minimum atomic E-state index is 1.08. The molecule has 0 atom stereocenters. The van der Waals surface area contributed by atoms with Crippen molar-refractivity contribution in [3.63, 3.8) is 0 Å². The van der Waals surface area contributed by atoms with Crippen molar-refractivity contribution in [2.24, 2.45) is 0 Å². The summed E-state index contributed by atoms with van der Waals surface area (Å²) in [4.78, 5) is 0. The second-order valence-corrected chi connectivity index (χ2v) is 4.01. The highest BCUT2D eigenvalue weighted by Gasteiger charge is 1.77. The Morgan fingerprint density at radius 3 is 2.11 bits per heavy atom. The van der Waals surface area contributed by atoms with Gasteiger partial charge < -0.3 is 0 Å². The van der Waals surface area contributed by atoms with Crippen LogP contribution in [0.3, 0.4) is 0 Å². The van der Waals surface area contributed by atoms with E-state index in [4.69, 9.17) is 0 Å². The molecule has 0 nitrogen and oxygen atoms in total. The van der Waals surface area contributed by atoms with Crippen LogP contribution in [0.1, 0.15) is 27.2 Å². The molecule has 0 amide bonds. The Kier molecular flexibility index (Phi) is 5.15. The van der Waals surface area contributed by atoms with Crippen LogP contribution in [0.15, 0.2) is 21.3 Å². The minimum Gasteiger partial charge on any atom is -0.0821 e. The molecular weight excluding hydrogens is 223 g/mol. The Labute approximate surface area is 71.2 Å². The largest absolute Gasteiger partial charge is 0.0821 e. The number of hydrogen-bond acceptors (Lipinski definition) is 0. The van der Waals surface area contributed by atoms with Gasteiger partial charge in [-0.05, 0) is 53.4 Å². The van der Waals surface area contributed by atoms with Crippen LogP contribution in [-0.4, -0.2) is 0 Å². The fraction of sp³-hybridized carbons (Fsp3) is 0.500. The topological polar surface area (TPSA) is 0 Å². The second kappa shape index (κ2) is 5.03. The smallest absolute Gasteiger partial charge is 0.0157 e. The van der Waals surface area contributed by atoms with Crippen LogP contribution in [0.2, 0.25) is 0 Å². The van der Waals surface area contributed by atoms with Gasteiger partial charge in [0.2, 0.25) is 0 Å². The van der Waals surface area contributed by atoms with E-state index in [1.807, 2.05) is 0 Å². The molecule has 0 aromatic heterocycles. The van der Waals surface area contributed by atoms with E-state index < -0.39 is 0 Å². The zero-order chi connectivity index (χ0) is 7.28. The lowest BCUT2D eigenvalue weighted by Crippen LogP contribution is -1.64. The molecule has 0 spiro atoms. The van der Waals surface area contributed by atoms with E-state index in [9.17, 15) is 0 Å². The van der Waals surface area contributed by atoms with Gasteiger partial charge in [-0.1, -0.05) is 17.7 Å². The fourth-order valence-corrected chi connectivity index (χ4v) is 0.711. The molecule has 9 heavy (non-hydrogen) atoms. The van der Waals surface area contributed by atoms with Crippen molar-refractivity contribution in [3.8, 4) is 0 Å². The van der Waals surface area contributed by atoms with Gasteiger partial charge in [0, 0.05) is 0 Å². The highest BCUT2D eigenvalue weighted by atomic mass is 127. The minimum absolute atomic E-state index is 1.08. The van der Waals surface area contributed by atoms with Crippen LogP contribution in [-0.2, 0) is 0 Å². The standard InChI is InChI=1S/C8H13I/c1-7(2)5-4-6-8(3)9/h5-6H,4H2,1-3H3/b8-6+. The van der Waals surface area contributed by atoms with Gasteiger partial charge in [-0.15, -0.1) is 0 Å². The van der Waals surface area contributed by atoms with Crippen LogP contribution >= 0.6 is 22.6 Å². The maximum absolute atomic E-state index is 2.32. The Morgan fingerprint density at radius 1 is 1.22 bits per heavy atom. The van der Waals surface area contributed by atoms with Crippen LogP contribution in [0.4, 0.5) is 0 Å². The quantitative estimate of drug-likeness (QED) is 0.506. The molecule has 0 rings (SSSR count). The molecule has 1 heteroatoms. The van der Waals surface area contributed by atoms with Gasteiger partial charge in [-0.25, -0.2) is 0 Å². The molecule has 0 aliphatic carbocycles. The van der Waals surface area contributed by atoms with E-state index in [-0.39, 0.29) is 0 Å². The molecule has 0 aliphatic rings. The van der Waals surface area contributed by atoms with Gasteiger partial charge in [0.1, 0.15) is 0 Å². The lowest BCUT2D eigenvalue weighted by atomic mass is 10.2. The Morgan fingerprint density at radius 2 is 1.78 bits per heavy atom. The molecule has 0 saturated heterocycles. The van der Waals surface area contributed by atoms with Gasteiger partial charge in [0.25, 0.3) is 0 Å². The van der Waals surface area contributed by atoms with E-state index in [0.29, 0.717) is 0 Å². The molecule has 0 radical (unpaired) electrons. The Bertz CT molecular complexity index is 108. The van der Waals surface area contributed by atoms with Crippen molar-refractivity contribution in [1.82, 2.24) is 0 Å². The van der Waals surface area contributed by atoms with Gasteiger partial charge in [0.15, 0.2) is 0 Å². The van der Waals surface area contributed by atoms with Gasteiger partial charge in [-0.2, -0.15) is 0 Å². The first kappa shape index (κ1) is 9.21. The summed E-state index contributed by atoms with van der Waals surface area (Å²) < 4.78 is 1.37. The molecule has 0 aliphatic heterocycles. The average molecular weight is 236 g/mol. The molecule has 0 N–H and O–H groups in total. The van der Waals surface area contributed by atoms with Crippen molar-refractivity contribution in [2.45, 2.75) is 27.2 Å². The average Bonchev–Trinajstić information content (AvgIpc) is 1.63. The van der Waals surface area contributed by atoms with Gasteiger partial charge in [-0.3, -0.25) is 0 Å². The summed E-state index contributed by atoms with van der Waals surface area (Å²) >= 11 is 2.32. The summed E-state index contributed by atoms with van der Waals surface area (Å²) in [5.74, 6) is 0. The maximum atomic E-state index is 2.32. The first-order chi connectivity index (χ1) is 4.13. The van der Waals surface area contributed by atoms with Crippen molar-refractivity contribution in [2.75, 3.05) is 0 Å². The summed E-state index contributed by atoms with van der Waals surface area (Å²) in [7, 11) is 0. The SMILES string of the molecule is CC(C)=CC/C=C(\C)I. The Balaban J connectivity index is 3.53. The third-order valence-electron chi connectivity index (χ3n) is 0.925. The zero-order valence-electron chi connectivity index (χ0n) is 6.24. The maximum Gasteiger partial charge on any atom is -0.0157 e. The number of rotatable bonds is 2. The molecule has 0 unspecified atom stereocenters. The lowest BCUT2D eigenvalue weighted by molar-refractivity contribution is 1.27. The number of hydrogen-bond donors (Lipinski definition) is 0. The number of allylic oxidation sites excluding steroid dienone is 4. The summed E-state index contributed by atoms with van der Waals surface area (Å²) in [6, 6.07) is 0.